The second kappa shape index (κ2) is 12.2. The summed E-state index contributed by atoms with van der Waals surface area (Å²) in [5.41, 5.74) is -7.34. The predicted molar refractivity (Wildman–Crippen MR) is 155 cm³/mol. The molecule has 228 valence electrons. The van der Waals surface area contributed by atoms with Gasteiger partial charge in [0.05, 0.1) is 6.61 Å². The molecule has 0 saturated heterocycles. The molecule has 1 aliphatic heterocycles. The Morgan fingerprint density at radius 3 is 1.60 bits per heavy atom. The third-order valence-electron chi connectivity index (χ3n) is 6.44. The highest BCUT2D eigenvalue weighted by atomic mass is 32.3. The molecule has 1 atom stereocenters. The average Bonchev–Trinajstić information content (AvgIpc) is 3.01. The molecule has 0 bridgehead atoms. The van der Waals surface area contributed by atoms with Crippen LogP contribution in [0.2, 0.25) is 0 Å². The van der Waals surface area contributed by atoms with Crippen LogP contribution in [0.15, 0.2) is 130 Å². The van der Waals surface area contributed by atoms with Crippen LogP contribution in [0.25, 0.3) is 0 Å². The molecule has 0 amide bonds. The number of para-hydroxylation sites is 2. The molecule has 1 heterocycles. The Bertz CT molecular complexity index is 1660. The summed E-state index contributed by atoms with van der Waals surface area (Å²) < 4.78 is 113. The van der Waals surface area contributed by atoms with Gasteiger partial charge in [0, 0.05) is 21.2 Å². The van der Waals surface area contributed by atoms with Crippen LogP contribution in [0.5, 0.6) is 11.5 Å². The Kier molecular flexibility index (Phi) is 8.77. The van der Waals surface area contributed by atoms with Gasteiger partial charge in [-0.1, -0.05) is 76.9 Å². The van der Waals surface area contributed by atoms with Gasteiger partial charge in [0.2, 0.25) is 0 Å². The van der Waals surface area contributed by atoms with Crippen molar-refractivity contribution in [2.45, 2.75) is 25.6 Å². The first kappa shape index (κ1) is 30.9. The number of sulfonamides is 1. The molecule has 0 radical (unpaired) electrons. The quantitative estimate of drug-likeness (QED) is 0.189. The van der Waals surface area contributed by atoms with E-state index in [2.05, 4.69) is 0 Å². The Morgan fingerprint density at radius 1 is 0.698 bits per heavy atom. The molecule has 0 spiro atoms. The van der Waals surface area contributed by atoms with Crippen LogP contribution in [0.3, 0.4) is 0 Å². The van der Waals surface area contributed by atoms with Crippen molar-refractivity contribution in [3.63, 3.8) is 0 Å². The fourth-order valence-electron chi connectivity index (χ4n) is 4.58. The lowest BCUT2D eigenvalue weighted by molar-refractivity contribution is -0.0469. The Labute approximate surface area is 249 Å². The zero-order valence-electron chi connectivity index (χ0n) is 22.3. The topological polar surface area (TPSA) is 99.2 Å². The lowest BCUT2D eigenvalue weighted by Gasteiger charge is -2.48. The molecule has 4 aromatic carbocycles. The summed E-state index contributed by atoms with van der Waals surface area (Å²) >= 11 is 0. The number of alkyl halides is 3. The van der Waals surface area contributed by atoms with E-state index in [1.54, 1.807) is 109 Å². The van der Waals surface area contributed by atoms with E-state index in [0.29, 0.717) is 9.46 Å². The molecule has 0 N–H and O–H groups in total. The predicted octanol–water partition coefficient (Wildman–Crippen LogP) is 6.18. The summed E-state index contributed by atoms with van der Waals surface area (Å²) in [6.45, 7) is -2.32. The van der Waals surface area contributed by atoms with Gasteiger partial charge in [-0.2, -0.15) is 21.6 Å². The van der Waals surface area contributed by atoms with Crippen molar-refractivity contribution in [2.24, 2.45) is 0 Å². The minimum atomic E-state index is -6.08. The van der Waals surface area contributed by atoms with Gasteiger partial charge >= 0.3 is 25.6 Å². The number of fused-ring (bicyclic) bond motifs is 1. The standard InChI is InChI=1S/C29H26F3NO7S3/c30-29(31,32)43(36,37)33(20-21-39-42(34,35)28-22-38-26-18-10-11-19-27(26)40-28)41(23-12-4-1-5-13-23,24-14-6-2-7-15-24)25-16-8-3-9-17-25/h1-19,28H,20-22H2. The highest BCUT2D eigenvalue weighted by Gasteiger charge is 2.56. The maximum atomic E-state index is 14.4. The van der Waals surface area contributed by atoms with Crippen LogP contribution in [-0.2, 0) is 24.3 Å². The van der Waals surface area contributed by atoms with E-state index in [1.165, 1.54) is 6.07 Å². The highest BCUT2D eigenvalue weighted by molar-refractivity contribution is 8.36. The van der Waals surface area contributed by atoms with Gasteiger partial charge in [0.15, 0.2) is 11.5 Å². The number of hydrogen-bond donors (Lipinski definition) is 0. The largest absolute Gasteiger partial charge is 0.512 e. The molecule has 0 aliphatic carbocycles. The molecule has 1 aliphatic rings. The Morgan fingerprint density at radius 2 is 1.14 bits per heavy atom. The smallest absolute Gasteiger partial charge is 0.485 e. The second-order valence-corrected chi connectivity index (χ2v) is 16.0. The molecular formula is C29H26F3NO7S3. The maximum absolute atomic E-state index is 14.4. The van der Waals surface area contributed by atoms with E-state index >= 15 is 0 Å². The Balaban J connectivity index is 1.60. The van der Waals surface area contributed by atoms with Gasteiger partial charge in [-0.3, -0.25) is 4.18 Å². The molecule has 0 fully saturated rings. The molecule has 4 aromatic rings. The lowest BCUT2D eigenvalue weighted by Crippen LogP contribution is -2.45. The number of halogens is 3. The number of rotatable bonds is 10. The first-order valence-electron chi connectivity index (χ1n) is 12.8. The SMILES string of the molecule is O=S(=O)(OCCN(S(c1ccccc1)(c1ccccc1)c1ccccc1)S(=O)(=O)C(F)(F)F)C1COc2ccccc2O1. The fourth-order valence-corrected chi connectivity index (χ4v) is 11.8. The van der Waals surface area contributed by atoms with Crippen molar-refractivity contribution in [3.05, 3.63) is 115 Å². The Hall–Kier alpha value is -3.56. The van der Waals surface area contributed by atoms with Crippen molar-refractivity contribution in [1.29, 1.82) is 0 Å². The first-order valence-corrected chi connectivity index (χ1v) is 17.3. The van der Waals surface area contributed by atoms with E-state index in [0.717, 1.165) is 0 Å². The zero-order chi connectivity index (χ0) is 30.7. The molecule has 5 rings (SSSR count). The number of ether oxygens (including phenoxy) is 2. The maximum Gasteiger partial charge on any atom is 0.512 e. The van der Waals surface area contributed by atoms with Crippen LogP contribution >= 0.6 is 10.2 Å². The van der Waals surface area contributed by atoms with Crippen molar-refractivity contribution in [1.82, 2.24) is 3.71 Å². The summed E-state index contributed by atoms with van der Waals surface area (Å²) in [7, 11) is -14.1. The molecule has 8 nitrogen and oxygen atoms in total. The number of hydrogen-bond acceptors (Lipinski definition) is 7. The van der Waals surface area contributed by atoms with Crippen LogP contribution in [0.1, 0.15) is 0 Å². The third kappa shape index (κ3) is 5.97. The van der Waals surface area contributed by atoms with Gasteiger partial charge in [-0.15, -0.1) is 3.71 Å². The van der Waals surface area contributed by atoms with Gasteiger partial charge < -0.3 is 9.47 Å². The first-order chi connectivity index (χ1) is 20.5. The summed E-state index contributed by atoms with van der Waals surface area (Å²) in [5.74, 6) is 0.464. The molecule has 43 heavy (non-hydrogen) atoms. The summed E-state index contributed by atoms with van der Waals surface area (Å²) in [6.07, 6.45) is 0. The van der Waals surface area contributed by atoms with Crippen molar-refractivity contribution in [2.75, 3.05) is 19.8 Å². The van der Waals surface area contributed by atoms with E-state index in [9.17, 15) is 30.0 Å². The third-order valence-corrected chi connectivity index (χ3v) is 14.0. The fraction of sp³-hybridized carbons (Fsp3) is 0.172. The second-order valence-electron chi connectivity index (χ2n) is 9.12. The minimum absolute atomic E-state index is 0.146. The molecule has 0 saturated carbocycles. The zero-order valence-corrected chi connectivity index (χ0v) is 24.8. The summed E-state index contributed by atoms with van der Waals surface area (Å²) in [6, 6.07) is 30.2. The summed E-state index contributed by atoms with van der Waals surface area (Å²) in [5, 5.41) is 0. The van der Waals surface area contributed by atoms with Crippen LogP contribution in [0, 0.1) is 0 Å². The van der Waals surface area contributed by atoms with Crippen molar-refractivity contribution in [3.8, 4) is 11.5 Å². The van der Waals surface area contributed by atoms with Gasteiger partial charge in [-0.25, -0.2) is 8.42 Å². The molecule has 14 heteroatoms. The van der Waals surface area contributed by atoms with Gasteiger partial charge in [0.25, 0.3) is 5.44 Å². The van der Waals surface area contributed by atoms with Gasteiger partial charge in [-0.05, 0) is 48.5 Å². The average molecular weight is 654 g/mol. The van der Waals surface area contributed by atoms with Crippen molar-refractivity contribution < 1.29 is 43.7 Å². The van der Waals surface area contributed by atoms with Crippen LogP contribution in [-0.4, -0.2) is 51.2 Å². The highest BCUT2D eigenvalue weighted by Crippen LogP contribution is 2.72. The molecule has 1 unspecified atom stereocenters. The monoisotopic (exact) mass is 653 g/mol. The van der Waals surface area contributed by atoms with E-state index in [-0.39, 0.29) is 20.4 Å². The van der Waals surface area contributed by atoms with E-state index in [1.807, 2.05) is 0 Å². The van der Waals surface area contributed by atoms with Crippen LogP contribution < -0.4 is 9.47 Å². The number of benzene rings is 4. The molecule has 0 aromatic heterocycles. The number of nitrogens with zero attached hydrogens (tertiary/aromatic N) is 1. The lowest BCUT2D eigenvalue weighted by atomic mass is 10.3. The van der Waals surface area contributed by atoms with Crippen LogP contribution in [0.4, 0.5) is 13.2 Å². The molecular weight excluding hydrogens is 628 g/mol. The summed E-state index contributed by atoms with van der Waals surface area (Å²) in [4.78, 5) is 0.844. The van der Waals surface area contributed by atoms with E-state index in [4.69, 9.17) is 13.7 Å². The van der Waals surface area contributed by atoms with Gasteiger partial charge in [0.1, 0.15) is 6.61 Å². The van der Waals surface area contributed by atoms with E-state index < -0.39 is 61.1 Å². The minimum Gasteiger partial charge on any atom is -0.485 e. The normalized spacial score (nSPS) is 16.1. The van der Waals surface area contributed by atoms with Crippen molar-refractivity contribution >= 4 is 30.4 Å².